The Morgan fingerprint density at radius 1 is 1.08 bits per heavy atom. The van der Waals surface area contributed by atoms with Crippen LogP contribution < -0.4 is 20.9 Å². The van der Waals surface area contributed by atoms with E-state index in [2.05, 4.69) is 32.1 Å². The van der Waals surface area contributed by atoms with E-state index >= 15 is 0 Å². The van der Waals surface area contributed by atoms with Gasteiger partial charge in [-0.1, -0.05) is 51.8 Å². The second kappa shape index (κ2) is 8.93. The van der Waals surface area contributed by atoms with E-state index in [1.807, 2.05) is 37.3 Å². The summed E-state index contributed by atoms with van der Waals surface area (Å²) in [5, 5.41) is 2.64. The molecule has 0 atom stereocenters. The molecule has 0 heterocycles. The monoisotopic (exact) mass is 391 g/mol. The molecule has 0 aliphatic rings. The molecule has 3 amide bonds. The molecule has 2 rings (SSSR count). The fourth-order valence-electron chi connectivity index (χ4n) is 1.80. The highest BCUT2D eigenvalue weighted by molar-refractivity contribution is 9.10. The van der Waals surface area contributed by atoms with Gasteiger partial charge in [0.1, 0.15) is 5.75 Å². The molecule has 3 N–H and O–H groups in total. The molecule has 0 bridgehead atoms. The van der Waals surface area contributed by atoms with Crippen LogP contribution in [-0.4, -0.2) is 18.5 Å². The molecule has 0 aliphatic heterocycles. The van der Waals surface area contributed by atoms with Crippen molar-refractivity contribution in [2.45, 2.75) is 13.5 Å². The first-order chi connectivity index (χ1) is 11.5. The molecule has 126 valence electrons. The largest absolute Gasteiger partial charge is 0.484 e. The van der Waals surface area contributed by atoms with Gasteiger partial charge in [-0.15, -0.1) is 0 Å². The van der Waals surface area contributed by atoms with E-state index in [1.165, 1.54) is 0 Å². The average molecular weight is 392 g/mol. The topological polar surface area (TPSA) is 79.5 Å². The van der Waals surface area contributed by atoms with Crippen LogP contribution in [0, 0.1) is 6.92 Å². The van der Waals surface area contributed by atoms with Gasteiger partial charge in [-0.3, -0.25) is 10.2 Å². The van der Waals surface area contributed by atoms with Gasteiger partial charge in [-0.25, -0.2) is 10.2 Å². The number of rotatable bonds is 5. The van der Waals surface area contributed by atoms with Gasteiger partial charge < -0.3 is 10.1 Å². The third-order valence-corrected chi connectivity index (χ3v) is 3.55. The maximum atomic E-state index is 11.6. The normalized spacial score (nSPS) is 9.92. The Labute approximate surface area is 148 Å². The van der Waals surface area contributed by atoms with Crippen molar-refractivity contribution in [1.82, 2.24) is 16.2 Å². The van der Waals surface area contributed by atoms with Crippen LogP contribution in [0.4, 0.5) is 4.79 Å². The van der Waals surface area contributed by atoms with Crippen molar-refractivity contribution in [3.05, 3.63) is 64.1 Å². The standard InChI is InChI=1S/C17H18BrN3O3/c1-12-5-7-13(8-6-12)10-19-17(23)21-20-16(22)11-24-15-4-2-3-14(18)9-15/h2-9H,10-11H2,1H3,(H,20,22)(H2,19,21,23). The first kappa shape index (κ1) is 17.8. The fraction of sp³-hybridized carbons (Fsp3) is 0.176. The molecule has 0 saturated heterocycles. The van der Waals surface area contributed by atoms with Crippen molar-refractivity contribution in [3.63, 3.8) is 0 Å². The highest BCUT2D eigenvalue weighted by Gasteiger charge is 2.05. The zero-order valence-corrected chi connectivity index (χ0v) is 14.7. The van der Waals surface area contributed by atoms with E-state index in [0.29, 0.717) is 12.3 Å². The number of nitrogens with one attached hydrogen (secondary N) is 3. The van der Waals surface area contributed by atoms with Crippen LogP contribution in [0.15, 0.2) is 53.0 Å². The number of hydrogen-bond acceptors (Lipinski definition) is 3. The quantitative estimate of drug-likeness (QED) is 0.685. The minimum absolute atomic E-state index is 0.200. The molecule has 2 aromatic carbocycles. The molecule has 7 heteroatoms. The van der Waals surface area contributed by atoms with Crippen LogP contribution in [0.5, 0.6) is 5.75 Å². The van der Waals surface area contributed by atoms with E-state index in [0.717, 1.165) is 15.6 Å². The minimum Gasteiger partial charge on any atom is -0.484 e. The number of halogens is 1. The minimum atomic E-state index is -0.494. The maximum absolute atomic E-state index is 11.6. The lowest BCUT2D eigenvalue weighted by molar-refractivity contribution is -0.123. The molecule has 2 aromatic rings. The van der Waals surface area contributed by atoms with Gasteiger partial charge in [0, 0.05) is 11.0 Å². The molecule has 0 unspecified atom stereocenters. The summed E-state index contributed by atoms with van der Waals surface area (Å²) in [5.41, 5.74) is 6.67. The predicted octanol–water partition coefficient (Wildman–Crippen LogP) is 2.67. The molecule has 24 heavy (non-hydrogen) atoms. The lowest BCUT2D eigenvalue weighted by atomic mass is 10.1. The average Bonchev–Trinajstić information content (AvgIpc) is 2.57. The first-order valence-corrected chi connectivity index (χ1v) is 8.09. The summed E-state index contributed by atoms with van der Waals surface area (Å²) in [6.45, 7) is 2.17. The summed E-state index contributed by atoms with van der Waals surface area (Å²) in [4.78, 5) is 23.2. The molecule has 0 radical (unpaired) electrons. The molecule has 6 nitrogen and oxygen atoms in total. The lowest BCUT2D eigenvalue weighted by Gasteiger charge is -2.10. The lowest BCUT2D eigenvalue weighted by Crippen LogP contribution is -2.48. The van der Waals surface area contributed by atoms with E-state index < -0.39 is 11.9 Å². The summed E-state index contributed by atoms with van der Waals surface area (Å²) in [7, 11) is 0. The Hall–Kier alpha value is -2.54. The van der Waals surface area contributed by atoms with Gasteiger partial charge in [0.05, 0.1) is 0 Å². The first-order valence-electron chi connectivity index (χ1n) is 7.29. The highest BCUT2D eigenvalue weighted by Crippen LogP contribution is 2.17. The zero-order valence-electron chi connectivity index (χ0n) is 13.1. The summed E-state index contributed by atoms with van der Waals surface area (Å²) < 4.78 is 6.16. The summed E-state index contributed by atoms with van der Waals surface area (Å²) >= 11 is 3.31. The van der Waals surface area contributed by atoms with Gasteiger partial charge in [-0.2, -0.15) is 0 Å². The van der Waals surface area contributed by atoms with Crippen LogP contribution in [0.1, 0.15) is 11.1 Å². The summed E-state index contributed by atoms with van der Waals surface area (Å²) in [6, 6.07) is 14.4. The van der Waals surface area contributed by atoms with Gasteiger partial charge in [0.25, 0.3) is 5.91 Å². The Kier molecular flexibility index (Phi) is 6.62. The number of benzene rings is 2. The molecular formula is C17H18BrN3O3. The smallest absolute Gasteiger partial charge is 0.333 e. The number of ether oxygens (including phenoxy) is 1. The number of urea groups is 1. The van der Waals surface area contributed by atoms with Crippen LogP contribution >= 0.6 is 15.9 Å². The number of carbonyl (C=O) groups excluding carboxylic acids is 2. The zero-order chi connectivity index (χ0) is 17.4. The Bertz CT molecular complexity index is 704. The van der Waals surface area contributed by atoms with Crippen LogP contribution in [-0.2, 0) is 11.3 Å². The molecule has 0 aromatic heterocycles. The van der Waals surface area contributed by atoms with Gasteiger partial charge in [0.2, 0.25) is 0 Å². The van der Waals surface area contributed by atoms with E-state index in [9.17, 15) is 9.59 Å². The highest BCUT2D eigenvalue weighted by atomic mass is 79.9. The maximum Gasteiger partial charge on any atom is 0.333 e. The third-order valence-electron chi connectivity index (χ3n) is 3.06. The van der Waals surface area contributed by atoms with Crippen LogP contribution in [0.3, 0.4) is 0 Å². The Balaban J connectivity index is 1.65. The van der Waals surface area contributed by atoms with Crippen LogP contribution in [0.25, 0.3) is 0 Å². The van der Waals surface area contributed by atoms with E-state index in [-0.39, 0.29) is 6.61 Å². The van der Waals surface area contributed by atoms with E-state index in [1.54, 1.807) is 18.2 Å². The number of hydrogen-bond donors (Lipinski definition) is 3. The Morgan fingerprint density at radius 2 is 1.83 bits per heavy atom. The third kappa shape index (κ3) is 6.29. The molecular weight excluding hydrogens is 374 g/mol. The molecule has 0 fully saturated rings. The number of amides is 3. The van der Waals surface area contributed by atoms with Gasteiger partial charge >= 0.3 is 6.03 Å². The van der Waals surface area contributed by atoms with Gasteiger partial charge in [-0.05, 0) is 30.7 Å². The number of carbonyl (C=O) groups is 2. The second-order valence-corrected chi connectivity index (χ2v) is 6.00. The second-order valence-electron chi connectivity index (χ2n) is 5.09. The SMILES string of the molecule is Cc1ccc(CNC(=O)NNC(=O)COc2cccc(Br)c2)cc1. The Morgan fingerprint density at radius 3 is 2.54 bits per heavy atom. The van der Waals surface area contributed by atoms with Crippen molar-refractivity contribution in [1.29, 1.82) is 0 Å². The molecule has 0 spiro atoms. The van der Waals surface area contributed by atoms with Crippen molar-refractivity contribution < 1.29 is 14.3 Å². The summed E-state index contributed by atoms with van der Waals surface area (Å²) in [5.74, 6) is 0.101. The fourth-order valence-corrected chi connectivity index (χ4v) is 2.18. The van der Waals surface area contributed by atoms with Gasteiger partial charge in [0.15, 0.2) is 6.61 Å². The number of hydrazine groups is 1. The molecule has 0 saturated carbocycles. The molecule has 0 aliphatic carbocycles. The van der Waals surface area contributed by atoms with Crippen molar-refractivity contribution in [3.8, 4) is 5.75 Å². The van der Waals surface area contributed by atoms with Crippen molar-refractivity contribution in [2.75, 3.05) is 6.61 Å². The van der Waals surface area contributed by atoms with E-state index in [4.69, 9.17) is 4.74 Å². The van der Waals surface area contributed by atoms with Crippen LogP contribution in [0.2, 0.25) is 0 Å². The van der Waals surface area contributed by atoms with Crippen molar-refractivity contribution >= 4 is 27.9 Å². The number of aryl methyl sites for hydroxylation is 1. The van der Waals surface area contributed by atoms with Crippen molar-refractivity contribution in [2.24, 2.45) is 0 Å². The predicted molar refractivity (Wildman–Crippen MR) is 94.3 cm³/mol. The summed E-state index contributed by atoms with van der Waals surface area (Å²) in [6.07, 6.45) is 0.